The van der Waals surface area contributed by atoms with Gasteiger partial charge in [-0.2, -0.15) is 12.5 Å². The minimum atomic E-state index is -3.34. The lowest BCUT2D eigenvalue weighted by atomic mass is 10.4. The smallest absolute Gasteiger partial charge is 0.256 e. The van der Waals surface area contributed by atoms with Crippen LogP contribution in [0.2, 0.25) is 0 Å². The monoisotopic (exact) mass is 183 g/mol. The Hall–Kier alpha value is 0.300. The second kappa shape index (κ2) is 2.74. The average Bonchev–Trinajstić information content (AvgIpc) is 2.07. The first-order valence-electron chi connectivity index (χ1n) is 2.94. The highest BCUT2D eigenvalue weighted by molar-refractivity contribution is 7.88. The Morgan fingerprint density at radius 3 is 2.50 bits per heavy atom. The van der Waals surface area contributed by atoms with Crippen molar-refractivity contribution in [1.29, 1.82) is 0 Å². The quantitative estimate of drug-likeness (QED) is 0.544. The van der Waals surface area contributed by atoms with Gasteiger partial charge < -0.3 is 0 Å². The van der Waals surface area contributed by atoms with Crippen molar-refractivity contribution in [3.63, 3.8) is 0 Å². The van der Waals surface area contributed by atoms with Gasteiger partial charge in [-0.25, -0.2) is 0 Å². The molecule has 0 radical (unpaired) electrons. The maximum Gasteiger partial charge on any atom is 0.341 e. The fourth-order valence-electron chi connectivity index (χ4n) is 0.862. The van der Waals surface area contributed by atoms with Crippen LogP contribution in [0, 0.1) is 0 Å². The minimum Gasteiger partial charge on any atom is -0.256 e. The lowest BCUT2D eigenvalue weighted by molar-refractivity contribution is 0.339. The van der Waals surface area contributed by atoms with Crippen molar-refractivity contribution in [2.24, 2.45) is 0 Å². The van der Waals surface area contributed by atoms with Gasteiger partial charge in [-0.15, -0.1) is 0 Å². The summed E-state index contributed by atoms with van der Waals surface area (Å²) in [6, 6.07) is 0.00772. The summed E-state index contributed by atoms with van der Waals surface area (Å²) in [4.78, 5) is 0. The first kappa shape index (κ1) is 8.40. The third kappa shape index (κ3) is 1.32. The molecule has 0 aliphatic carbocycles. The van der Waals surface area contributed by atoms with E-state index in [2.05, 4.69) is 4.18 Å². The molecule has 2 atom stereocenters. The van der Waals surface area contributed by atoms with Crippen LogP contribution < -0.4 is 0 Å². The number of nitrogens with zero attached hydrogens (tertiary/aromatic N) is 1. The van der Waals surface area contributed by atoms with Gasteiger partial charge in [-0.3, -0.25) is 4.18 Å². The molecule has 0 amide bonds. The maximum atomic E-state index is 10.9. The van der Waals surface area contributed by atoms with E-state index in [1.807, 2.05) is 13.6 Å². The van der Waals surface area contributed by atoms with Crippen molar-refractivity contribution in [2.45, 2.75) is 13.0 Å². The van der Waals surface area contributed by atoms with Crippen LogP contribution in [0.4, 0.5) is 0 Å². The Bertz CT molecular complexity index is 215. The van der Waals surface area contributed by atoms with E-state index in [1.165, 1.54) is 4.08 Å². The van der Waals surface area contributed by atoms with Crippen LogP contribution in [0.15, 0.2) is 0 Å². The highest BCUT2D eigenvalue weighted by Crippen LogP contribution is 2.28. The van der Waals surface area contributed by atoms with E-state index in [9.17, 15) is 8.42 Å². The fraction of sp³-hybridized carbons (Fsp3) is 1.00. The van der Waals surface area contributed by atoms with Crippen LogP contribution in [0.25, 0.3) is 0 Å². The molecule has 10 heavy (non-hydrogen) atoms. The van der Waals surface area contributed by atoms with Gasteiger partial charge in [0, 0.05) is 0 Å². The molecule has 1 saturated heterocycles. The van der Waals surface area contributed by atoms with E-state index in [0.717, 1.165) is 0 Å². The minimum absolute atomic E-state index is 0.00772. The standard InChI is InChI=1S/C4H10NO3PS/c1-4-3-8-10(6,7)5(4)9-2/h4,9H,3H2,1-2H3/t4-/m1/s1. The number of rotatable bonds is 1. The zero-order chi connectivity index (χ0) is 7.78. The Balaban J connectivity index is 2.84. The molecule has 6 heteroatoms. The van der Waals surface area contributed by atoms with Crippen molar-refractivity contribution in [3.8, 4) is 0 Å². The molecule has 4 nitrogen and oxygen atoms in total. The number of hydrogen-bond donors (Lipinski definition) is 0. The van der Waals surface area contributed by atoms with Crippen LogP contribution >= 0.6 is 8.73 Å². The van der Waals surface area contributed by atoms with Crippen LogP contribution in [0.5, 0.6) is 0 Å². The summed E-state index contributed by atoms with van der Waals surface area (Å²) in [6.07, 6.45) is 0. The van der Waals surface area contributed by atoms with Crippen molar-refractivity contribution < 1.29 is 12.6 Å². The van der Waals surface area contributed by atoms with E-state index in [0.29, 0.717) is 6.61 Å². The van der Waals surface area contributed by atoms with Gasteiger partial charge in [-0.1, -0.05) is 0 Å². The van der Waals surface area contributed by atoms with E-state index >= 15 is 0 Å². The maximum absolute atomic E-state index is 10.9. The zero-order valence-electron chi connectivity index (χ0n) is 5.86. The summed E-state index contributed by atoms with van der Waals surface area (Å²) < 4.78 is 27.8. The molecular formula is C4H10NO3PS. The van der Waals surface area contributed by atoms with Gasteiger partial charge in [0.25, 0.3) is 0 Å². The molecule has 0 aromatic rings. The highest BCUT2D eigenvalue weighted by Gasteiger charge is 2.34. The first-order chi connectivity index (χ1) is 4.58. The molecule has 1 aliphatic rings. The predicted octanol–water partition coefficient (Wildman–Crippen LogP) is 0.175. The Labute approximate surface area is 62.6 Å². The Kier molecular flexibility index (Phi) is 2.30. The molecule has 0 spiro atoms. The summed E-state index contributed by atoms with van der Waals surface area (Å²) in [5.74, 6) is 0. The van der Waals surface area contributed by atoms with Crippen LogP contribution in [-0.4, -0.2) is 31.8 Å². The summed E-state index contributed by atoms with van der Waals surface area (Å²) in [6.45, 7) is 3.95. The average molecular weight is 183 g/mol. The molecule has 0 aromatic carbocycles. The van der Waals surface area contributed by atoms with E-state index in [-0.39, 0.29) is 14.8 Å². The summed E-state index contributed by atoms with van der Waals surface area (Å²) in [7, 11) is -3.08. The van der Waals surface area contributed by atoms with Crippen molar-refractivity contribution in [3.05, 3.63) is 0 Å². The topological polar surface area (TPSA) is 46.6 Å². The molecule has 0 bridgehead atoms. The van der Waals surface area contributed by atoms with Crippen molar-refractivity contribution >= 4 is 19.0 Å². The van der Waals surface area contributed by atoms with E-state index in [1.54, 1.807) is 0 Å². The van der Waals surface area contributed by atoms with Crippen LogP contribution in [-0.2, 0) is 14.5 Å². The first-order valence-corrected chi connectivity index (χ1v) is 5.75. The molecular weight excluding hydrogens is 173 g/mol. The molecule has 0 N–H and O–H groups in total. The normalized spacial score (nSPS) is 34.0. The summed E-state index contributed by atoms with van der Waals surface area (Å²) in [5.41, 5.74) is 0. The summed E-state index contributed by atoms with van der Waals surface area (Å²) >= 11 is 0. The Morgan fingerprint density at radius 1 is 1.70 bits per heavy atom. The van der Waals surface area contributed by atoms with Gasteiger partial charge >= 0.3 is 10.3 Å². The highest BCUT2D eigenvalue weighted by atomic mass is 32.2. The van der Waals surface area contributed by atoms with Crippen molar-refractivity contribution in [1.82, 2.24) is 4.08 Å². The van der Waals surface area contributed by atoms with Gasteiger partial charge in [0.1, 0.15) is 0 Å². The van der Waals surface area contributed by atoms with Crippen molar-refractivity contribution in [2.75, 3.05) is 13.3 Å². The fourth-order valence-corrected chi connectivity index (χ4v) is 3.41. The molecule has 1 aliphatic heterocycles. The molecule has 1 unspecified atom stereocenters. The van der Waals surface area contributed by atoms with Gasteiger partial charge in [-0.05, 0) is 22.3 Å². The SMILES string of the molecule is CPN1[C@H](C)COS1(=O)=O. The van der Waals surface area contributed by atoms with Gasteiger partial charge in [0.2, 0.25) is 0 Å². The molecule has 1 fully saturated rings. The third-order valence-corrected chi connectivity index (χ3v) is 4.70. The second-order valence-corrected chi connectivity index (χ2v) is 4.85. The molecule has 60 valence electrons. The van der Waals surface area contributed by atoms with Crippen LogP contribution in [0.3, 0.4) is 0 Å². The van der Waals surface area contributed by atoms with Gasteiger partial charge in [0.05, 0.1) is 12.6 Å². The zero-order valence-corrected chi connectivity index (χ0v) is 7.68. The largest absolute Gasteiger partial charge is 0.341 e. The lowest BCUT2D eigenvalue weighted by Crippen LogP contribution is -2.22. The van der Waals surface area contributed by atoms with Crippen LogP contribution in [0.1, 0.15) is 6.92 Å². The Morgan fingerprint density at radius 2 is 2.30 bits per heavy atom. The molecule has 0 aromatic heterocycles. The lowest BCUT2D eigenvalue weighted by Gasteiger charge is -2.12. The third-order valence-electron chi connectivity index (χ3n) is 1.32. The summed E-state index contributed by atoms with van der Waals surface area (Å²) in [5, 5.41) is 0. The molecule has 1 rings (SSSR count). The number of hydrogen-bond acceptors (Lipinski definition) is 3. The van der Waals surface area contributed by atoms with E-state index < -0.39 is 10.3 Å². The predicted molar refractivity (Wildman–Crippen MR) is 40.4 cm³/mol. The van der Waals surface area contributed by atoms with E-state index in [4.69, 9.17) is 0 Å². The molecule has 0 saturated carbocycles. The molecule has 1 heterocycles. The second-order valence-electron chi connectivity index (χ2n) is 2.11. The van der Waals surface area contributed by atoms with Gasteiger partial charge in [0.15, 0.2) is 0 Å².